The van der Waals surface area contributed by atoms with Gasteiger partial charge in [0.25, 0.3) is 0 Å². The molecule has 0 spiro atoms. The van der Waals surface area contributed by atoms with Crippen molar-refractivity contribution in [2.75, 3.05) is 12.4 Å². The number of Topliss-reactive ketones (excluding diaryl/α,β-unsaturated/α-hetero) is 1. The molecule has 1 amide bonds. The third-order valence-corrected chi connectivity index (χ3v) is 5.69. The highest BCUT2D eigenvalue weighted by molar-refractivity contribution is 7.17. The number of rotatable bonds is 8. The van der Waals surface area contributed by atoms with E-state index in [4.69, 9.17) is 21.1 Å². The van der Waals surface area contributed by atoms with Gasteiger partial charge in [-0.25, -0.2) is 4.98 Å². The van der Waals surface area contributed by atoms with Crippen LogP contribution in [0.5, 0.6) is 11.5 Å². The summed E-state index contributed by atoms with van der Waals surface area (Å²) in [5, 5.41) is 3.74. The number of aromatic nitrogens is 1. The second kappa shape index (κ2) is 10.2. The zero-order chi connectivity index (χ0) is 22.4. The smallest absolute Gasteiger partial charge is 0.250 e. The number of thiazole rings is 1. The minimum absolute atomic E-state index is 0.0727. The Balaban J connectivity index is 1.63. The number of aryl methyl sites for hydroxylation is 1. The number of hydrogen-bond acceptors (Lipinski definition) is 6. The maximum absolute atomic E-state index is 12.2. The van der Waals surface area contributed by atoms with E-state index in [-0.39, 0.29) is 11.7 Å². The lowest BCUT2D eigenvalue weighted by Crippen LogP contribution is -2.07. The number of nitrogens with zero attached hydrogens (tertiary/aromatic N) is 1. The third kappa shape index (κ3) is 6.16. The maximum Gasteiger partial charge on any atom is 0.250 e. The van der Waals surface area contributed by atoms with E-state index in [2.05, 4.69) is 10.3 Å². The summed E-state index contributed by atoms with van der Waals surface area (Å²) in [5.41, 5.74) is 2.36. The molecule has 0 saturated carbocycles. The van der Waals surface area contributed by atoms with Crippen molar-refractivity contribution in [1.82, 2.24) is 4.98 Å². The first kappa shape index (κ1) is 22.5. The number of halogens is 1. The molecule has 0 radical (unpaired) electrons. The van der Waals surface area contributed by atoms with Gasteiger partial charge in [0.15, 0.2) is 22.4 Å². The van der Waals surface area contributed by atoms with Gasteiger partial charge in [0.05, 0.1) is 17.7 Å². The van der Waals surface area contributed by atoms with Gasteiger partial charge in [0, 0.05) is 18.0 Å². The van der Waals surface area contributed by atoms with Gasteiger partial charge in [-0.05, 0) is 48.4 Å². The van der Waals surface area contributed by atoms with Crippen molar-refractivity contribution < 1.29 is 19.1 Å². The first-order valence-electron chi connectivity index (χ1n) is 9.38. The molecule has 8 heteroatoms. The van der Waals surface area contributed by atoms with Crippen LogP contribution in [0, 0.1) is 6.92 Å². The van der Waals surface area contributed by atoms with Crippen molar-refractivity contribution in [2.24, 2.45) is 0 Å². The molecule has 0 aliphatic rings. The van der Waals surface area contributed by atoms with E-state index < -0.39 is 0 Å². The number of ether oxygens (including phenoxy) is 2. The lowest BCUT2D eigenvalue weighted by atomic mass is 10.2. The molecule has 2 aromatic carbocycles. The van der Waals surface area contributed by atoms with Gasteiger partial charge in [-0.1, -0.05) is 41.1 Å². The van der Waals surface area contributed by atoms with E-state index in [1.54, 1.807) is 32.2 Å². The van der Waals surface area contributed by atoms with Gasteiger partial charge in [0.2, 0.25) is 5.91 Å². The van der Waals surface area contributed by atoms with E-state index in [0.29, 0.717) is 38.8 Å². The van der Waals surface area contributed by atoms with Crippen molar-refractivity contribution in [3.63, 3.8) is 0 Å². The van der Waals surface area contributed by atoms with Crippen LogP contribution in [0.1, 0.15) is 33.4 Å². The van der Waals surface area contributed by atoms with Gasteiger partial charge in [-0.3, -0.25) is 14.9 Å². The molecule has 1 aromatic heterocycles. The summed E-state index contributed by atoms with van der Waals surface area (Å²) in [5.74, 6) is 0.731. The normalized spacial score (nSPS) is 10.8. The Labute approximate surface area is 189 Å². The second-order valence-electron chi connectivity index (χ2n) is 6.64. The Morgan fingerprint density at radius 3 is 2.55 bits per heavy atom. The average Bonchev–Trinajstić information content (AvgIpc) is 3.12. The molecular formula is C23H21ClN2O4S. The first-order chi connectivity index (χ1) is 14.9. The number of hydrogen-bond donors (Lipinski definition) is 1. The topological polar surface area (TPSA) is 77.5 Å². The van der Waals surface area contributed by atoms with Crippen molar-refractivity contribution in [1.29, 1.82) is 0 Å². The number of anilines is 1. The first-order valence-corrected chi connectivity index (χ1v) is 10.6. The fraction of sp³-hybridized carbons (Fsp3) is 0.174. The van der Waals surface area contributed by atoms with Crippen molar-refractivity contribution in [3.05, 3.63) is 75.3 Å². The Kier molecular flexibility index (Phi) is 7.44. The summed E-state index contributed by atoms with van der Waals surface area (Å²) in [7, 11) is 1.56. The van der Waals surface area contributed by atoms with Crippen LogP contribution in [0.25, 0.3) is 6.08 Å². The molecule has 31 heavy (non-hydrogen) atoms. The largest absolute Gasteiger partial charge is 0.493 e. The fourth-order valence-corrected chi connectivity index (χ4v) is 3.73. The number of amides is 1. The van der Waals surface area contributed by atoms with Crippen LogP contribution < -0.4 is 14.8 Å². The van der Waals surface area contributed by atoms with Gasteiger partial charge >= 0.3 is 0 Å². The Hall–Kier alpha value is -3.16. The summed E-state index contributed by atoms with van der Waals surface area (Å²) in [6.45, 7) is 3.59. The highest BCUT2D eigenvalue weighted by Gasteiger charge is 2.12. The van der Waals surface area contributed by atoms with Crippen LogP contribution in [-0.4, -0.2) is 23.8 Å². The van der Waals surface area contributed by atoms with E-state index in [1.807, 2.05) is 30.3 Å². The highest BCUT2D eigenvalue weighted by atomic mass is 35.5. The monoisotopic (exact) mass is 456 g/mol. The molecule has 160 valence electrons. The molecular weight excluding hydrogens is 436 g/mol. The molecule has 0 aliphatic carbocycles. The van der Waals surface area contributed by atoms with Gasteiger partial charge < -0.3 is 9.47 Å². The Morgan fingerprint density at radius 1 is 1.16 bits per heavy atom. The molecule has 0 atom stereocenters. The molecule has 3 aromatic rings. The standard InChI is InChI=1S/C23H21ClN2O4S/c1-14-22(15(2)27)31-23(25-14)26-21(28)11-7-16-6-10-19(20(12-16)29-3)30-13-17-4-8-18(24)9-5-17/h4-12H,13H2,1-3H3,(H,25,26,28)/b11-7+. The number of nitrogens with one attached hydrogen (secondary N) is 1. The van der Waals surface area contributed by atoms with Crippen LogP contribution >= 0.6 is 22.9 Å². The van der Waals surface area contributed by atoms with Crippen LogP contribution in [0.3, 0.4) is 0 Å². The quantitative estimate of drug-likeness (QED) is 0.355. The minimum Gasteiger partial charge on any atom is -0.493 e. The zero-order valence-corrected chi connectivity index (χ0v) is 18.8. The molecule has 0 bridgehead atoms. The van der Waals surface area contributed by atoms with E-state index >= 15 is 0 Å². The minimum atomic E-state index is -0.342. The molecule has 0 saturated heterocycles. The van der Waals surface area contributed by atoms with Crippen molar-refractivity contribution in [3.8, 4) is 11.5 Å². The summed E-state index contributed by atoms with van der Waals surface area (Å²) < 4.78 is 11.3. The molecule has 1 heterocycles. The van der Waals surface area contributed by atoms with E-state index in [1.165, 1.54) is 13.0 Å². The summed E-state index contributed by atoms with van der Waals surface area (Å²) in [6, 6.07) is 12.8. The Morgan fingerprint density at radius 2 is 1.90 bits per heavy atom. The zero-order valence-electron chi connectivity index (χ0n) is 17.3. The van der Waals surface area contributed by atoms with Crippen LogP contribution in [0.2, 0.25) is 5.02 Å². The molecule has 0 aliphatic heterocycles. The van der Waals surface area contributed by atoms with Crippen LogP contribution in [-0.2, 0) is 11.4 Å². The predicted octanol–water partition coefficient (Wildman–Crippen LogP) is 5.55. The summed E-state index contributed by atoms with van der Waals surface area (Å²) in [6.07, 6.45) is 3.06. The van der Waals surface area contributed by atoms with Crippen molar-refractivity contribution >= 4 is 45.8 Å². The maximum atomic E-state index is 12.2. The molecule has 6 nitrogen and oxygen atoms in total. The lowest BCUT2D eigenvalue weighted by Gasteiger charge is -2.11. The fourth-order valence-electron chi connectivity index (χ4n) is 2.74. The summed E-state index contributed by atoms with van der Waals surface area (Å²) >= 11 is 7.06. The van der Waals surface area contributed by atoms with Gasteiger partial charge in [-0.15, -0.1) is 0 Å². The lowest BCUT2D eigenvalue weighted by molar-refractivity contribution is -0.111. The highest BCUT2D eigenvalue weighted by Crippen LogP contribution is 2.29. The molecule has 1 N–H and O–H groups in total. The van der Waals surface area contributed by atoms with Gasteiger partial charge in [0.1, 0.15) is 6.61 Å². The van der Waals surface area contributed by atoms with E-state index in [0.717, 1.165) is 22.5 Å². The second-order valence-corrected chi connectivity index (χ2v) is 8.07. The third-order valence-electron chi connectivity index (χ3n) is 4.27. The molecule has 3 rings (SSSR count). The van der Waals surface area contributed by atoms with Crippen LogP contribution in [0.15, 0.2) is 48.5 Å². The summed E-state index contributed by atoms with van der Waals surface area (Å²) in [4.78, 5) is 28.5. The van der Waals surface area contributed by atoms with Crippen LogP contribution in [0.4, 0.5) is 5.13 Å². The molecule has 0 unspecified atom stereocenters. The predicted molar refractivity (Wildman–Crippen MR) is 123 cm³/mol. The number of carbonyl (C=O) groups excluding carboxylic acids is 2. The SMILES string of the molecule is COc1cc(/C=C/C(=O)Nc2nc(C)c(C(C)=O)s2)ccc1OCc1ccc(Cl)cc1. The number of ketones is 1. The average molecular weight is 457 g/mol. The number of methoxy groups -OCH3 is 1. The number of carbonyl (C=O) groups is 2. The molecule has 0 fully saturated rings. The number of benzene rings is 2. The van der Waals surface area contributed by atoms with Gasteiger partial charge in [-0.2, -0.15) is 0 Å². The Bertz CT molecular complexity index is 1120. The van der Waals surface area contributed by atoms with E-state index in [9.17, 15) is 9.59 Å². The van der Waals surface area contributed by atoms with Crippen molar-refractivity contribution in [2.45, 2.75) is 20.5 Å².